The molecule has 1 unspecified atom stereocenters. The summed E-state index contributed by atoms with van der Waals surface area (Å²) in [5.74, 6) is 0. The standard InChI is InChI=1S/C3H5BrO4S/c4-3(5)1-2-8-9(6)7/h1-2H2,(H,6,7). The molecule has 54 valence electrons. The third kappa shape index (κ3) is 8.22. The molecule has 0 amide bonds. The first-order valence-corrected chi connectivity index (χ1v) is 3.88. The van der Waals surface area contributed by atoms with Crippen LogP contribution in [-0.2, 0) is 20.3 Å². The Hall–Kier alpha value is 0.220. The molecule has 0 heterocycles. The predicted molar refractivity (Wildman–Crippen MR) is 35.3 cm³/mol. The summed E-state index contributed by atoms with van der Waals surface area (Å²) in [5.41, 5.74) is 0. The zero-order valence-corrected chi connectivity index (χ0v) is 6.77. The minimum atomic E-state index is -2.26. The third-order valence-corrected chi connectivity index (χ3v) is 1.25. The molecule has 0 aliphatic rings. The number of hydrogen-bond acceptors (Lipinski definition) is 3. The van der Waals surface area contributed by atoms with E-state index in [0.717, 1.165) is 0 Å². The fourth-order valence-corrected chi connectivity index (χ4v) is 0.581. The van der Waals surface area contributed by atoms with E-state index >= 15 is 0 Å². The van der Waals surface area contributed by atoms with Crippen molar-refractivity contribution in [1.29, 1.82) is 0 Å². The molecule has 0 bridgehead atoms. The molecule has 0 aliphatic heterocycles. The Morgan fingerprint density at radius 2 is 2.33 bits per heavy atom. The van der Waals surface area contributed by atoms with Gasteiger partial charge in [0.1, 0.15) is 0 Å². The zero-order valence-electron chi connectivity index (χ0n) is 4.37. The van der Waals surface area contributed by atoms with Crippen molar-refractivity contribution in [1.82, 2.24) is 0 Å². The van der Waals surface area contributed by atoms with E-state index in [1.165, 1.54) is 0 Å². The van der Waals surface area contributed by atoms with E-state index in [-0.39, 0.29) is 17.7 Å². The van der Waals surface area contributed by atoms with E-state index < -0.39 is 11.4 Å². The van der Waals surface area contributed by atoms with Gasteiger partial charge in [0.25, 0.3) is 0 Å². The second-order valence-electron chi connectivity index (χ2n) is 1.14. The Morgan fingerprint density at radius 3 is 2.67 bits per heavy atom. The summed E-state index contributed by atoms with van der Waals surface area (Å²) in [6.07, 6.45) is 0.103. The second-order valence-corrected chi connectivity index (χ2v) is 2.70. The van der Waals surface area contributed by atoms with Crippen molar-refractivity contribution < 1.29 is 17.7 Å². The number of carbonyl (C=O) groups is 1. The van der Waals surface area contributed by atoms with Crippen molar-refractivity contribution in [2.45, 2.75) is 6.42 Å². The summed E-state index contributed by atoms with van der Waals surface area (Å²) in [4.78, 5) is 10.1. The first-order valence-electron chi connectivity index (χ1n) is 2.05. The number of rotatable bonds is 4. The molecule has 0 spiro atoms. The topological polar surface area (TPSA) is 63.6 Å². The molecule has 0 aromatic heterocycles. The SMILES string of the molecule is O=C(Br)CCOS(=O)O. The number of hydrogen-bond donors (Lipinski definition) is 1. The third-order valence-electron chi connectivity index (χ3n) is 0.483. The molecule has 0 aliphatic carbocycles. The highest BCUT2D eigenvalue weighted by Gasteiger charge is 1.96. The molecule has 4 nitrogen and oxygen atoms in total. The van der Waals surface area contributed by atoms with Gasteiger partial charge in [-0.15, -0.1) is 0 Å². The van der Waals surface area contributed by atoms with Gasteiger partial charge < -0.3 is 0 Å². The van der Waals surface area contributed by atoms with Gasteiger partial charge in [0.05, 0.1) is 6.61 Å². The van der Waals surface area contributed by atoms with E-state index in [2.05, 4.69) is 20.1 Å². The molecule has 0 fully saturated rings. The maximum Gasteiger partial charge on any atom is 0.301 e. The van der Waals surface area contributed by atoms with E-state index in [1.54, 1.807) is 0 Å². The average molecular weight is 217 g/mol. The van der Waals surface area contributed by atoms with E-state index in [4.69, 9.17) is 4.55 Å². The van der Waals surface area contributed by atoms with Crippen LogP contribution in [0.3, 0.4) is 0 Å². The largest absolute Gasteiger partial charge is 0.301 e. The Labute approximate surface area is 63.2 Å². The quantitative estimate of drug-likeness (QED) is 0.548. The fraction of sp³-hybridized carbons (Fsp3) is 0.667. The van der Waals surface area contributed by atoms with Gasteiger partial charge in [-0.1, -0.05) is 0 Å². The van der Waals surface area contributed by atoms with Crippen molar-refractivity contribution in [3.8, 4) is 0 Å². The predicted octanol–water partition coefficient (Wildman–Crippen LogP) is 0.451. The van der Waals surface area contributed by atoms with E-state index in [0.29, 0.717) is 0 Å². The van der Waals surface area contributed by atoms with Crippen molar-refractivity contribution >= 4 is 32.0 Å². The van der Waals surface area contributed by atoms with Gasteiger partial charge in [-0.3, -0.25) is 13.5 Å². The summed E-state index contributed by atoms with van der Waals surface area (Å²) in [6.45, 7) is -0.0345. The van der Waals surface area contributed by atoms with Crippen LogP contribution >= 0.6 is 15.9 Å². The number of halogens is 1. The lowest BCUT2D eigenvalue weighted by atomic mass is 10.5. The fourth-order valence-electron chi connectivity index (χ4n) is 0.193. The summed E-state index contributed by atoms with van der Waals surface area (Å²) in [5, 5.41) is 0. The van der Waals surface area contributed by atoms with Gasteiger partial charge in [0.15, 0.2) is 4.69 Å². The lowest BCUT2D eigenvalue weighted by Crippen LogP contribution is -1.99. The van der Waals surface area contributed by atoms with Gasteiger partial charge in [-0.2, -0.15) is 4.21 Å². The van der Waals surface area contributed by atoms with Crippen molar-refractivity contribution in [3.63, 3.8) is 0 Å². The molecular formula is C3H5BrO4S. The highest BCUT2D eigenvalue weighted by molar-refractivity contribution is 9.18. The van der Waals surface area contributed by atoms with Crippen molar-refractivity contribution in [3.05, 3.63) is 0 Å². The first-order chi connectivity index (χ1) is 4.13. The molecule has 6 heteroatoms. The summed E-state index contributed by atoms with van der Waals surface area (Å²) < 4.78 is 21.6. The molecule has 0 aromatic rings. The van der Waals surface area contributed by atoms with Crippen LogP contribution in [0.4, 0.5) is 0 Å². The van der Waals surface area contributed by atoms with E-state index in [9.17, 15) is 9.00 Å². The lowest BCUT2D eigenvalue weighted by Gasteiger charge is -1.91. The smallest absolute Gasteiger partial charge is 0.287 e. The van der Waals surface area contributed by atoms with Crippen LogP contribution in [0, 0.1) is 0 Å². The minimum Gasteiger partial charge on any atom is -0.287 e. The lowest BCUT2D eigenvalue weighted by molar-refractivity contribution is -0.110. The molecular weight excluding hydrogens is 212 g/mol. The maximum atomic E-state index is 10.1. The highest BCUT2D eigenvalue weighted by Crippen LogP contribution is 1.92. The van der Waals surface area contributed by atoms with Gasteiger partial charge in [0.2, 0.25) is 0 Å². The molecule has 0 saturated carbocycles. The van der Waals surface area contributed by atoms with Crippen LogP contribution < -0.4 is 0 Å². The normalized spacial score (nSPS) is 13.1. The summed E-state index contributed by atoms with van der Waals surface area (Å²) >= 11 is 0.370. The van der Waals surface area contributed by atoms with Crippen molar-refractivity contribution in [2.75, 3.05) is 6.61 Å². The molecule has 1 atom stereocenters. The first kappa shape index (κ1) is 9.22. The molecule has 9 heavy (non-hydrogen) atoms. The Balaban J connectivity index is 3.10. The van der Waals surface area contributed by atoms with Crippen LogP contribution in [0.25, 0.3) is 0 Å². The summed E-state index contributed by atoms with van der Waals surface area (Å²) in [6, 6.07) is 0. The van der Waals surface area contributed by atoms with Gasteiger partial charge in [-0.05, 0) is 15.9 Å². The van der Waals surface area contributed by atoms with Gasteiger partial charge in [0, 0.05) is 6.42 Å². The van der Waals surface area contributed by atoms with Crippen LogP contribution in [0.15, 0.2) is 0 Å². The van der Waals surface area contributed by atoms with Crippen LogP contribution in [-0.4, -0.2) is 20.1 Å². The molecule has 0 aromatic carbocycles. The zero-order chi connectivity index (χ0) is 7.28. The van der Waals surface area contributed by atoms with Crippen LogP contribution in [0.2, 0.25) is 0 Å². The average Bonchev–Trinajstić information content (AvgIpc) is 1.63. The summed E-state index contributed by atoms with van der Waals surface area (Å²) in [7, 11) is 0. The minimum absolute atomic E-state index is 0.0345. The van der Waals surface area contributed by atoms with Crippen molar-refractivity contribution in [2.24, 2.45) is 0 Å². The number of carbonyl (C=O) groups excluding carboxylic acids is 1. The molecule has 1 N–H and O–H groups in total. The molecule has 0 radical (unpaired) electrons. The molecule has 0 saturated heterocycles. The molecule has 0 rings (SSSR count). The second kappa shape index (κ2) is 5.04. The highest BCUT2D eigenvalue weighted by atomic mass is 79.9. The van der Waals surface area contributed by atoms with Crippen LogP contribution in [0.1, 0.15) is 6.42 Å². The maximum absolute atomic E-state index is 10.1. The van der Waals surface area contributed by atoms with E-state index in [1.807, 2.05) is 0 Å². The Bertz CT molecular complexity index is 111. The Kier molecular flexibility index (Phi) is 5.16. The monoisotopic (exact) mass is 216 g/mol. The Morgan fingerprint density at radius 1 is 1.78 bits per heavy atom. The van der Waals surface area contributed by atoms with Gasteiger partial charge >= 0.3 is 11.4 Å². The van der Waals surface area contributed by atoms with Crippen LogP contribution in [0.5, 0.6) is 0 Å². The van der Waals surface area contributed by atoms with Gasteiger partial charge in [-0.25, -0.2) is 0 Å².